The number of ether oxygens (including phenoxy) is 1. The summed E-state index contributed by atoms with van der Waals surface area (Å²) < 4.78 is 5.09. The molecule has 0 unspecified atom stereocenters. The number of aromatic nitrogens is 1. The number of pyridine rings is 1. The Labute approximate surface area is 96.0 Å². The van der Waals surface area contributed by atoms with Gasteiger partial charge in [0.05, 0.1) is 7.11 Å². The van der Waals surface area contributed by atoms with Crippen molar-refractivity contribution in [3.05, 3.63) is 18.3 Å². The molecule has 1 aromatic rings. The fourth-order valence-corrected chi connectivity index (χ4v) is 1.65. The molecule has 0 aliphatic heterocycles. The zero-order valence-corrected chi connectivity index (χ0v) is 10.2. The van der Waals surface area contributed by atoms with Crippen LogP contribution in [0.1, 0.15) is 13.8 Å². The lowest BCUT2D eigenvalue weighted by Gasteiger charge is -2.28. The van der Waals surface area contributed by atoms with Gasteiger partial charge in [0, 0.05) is 36.4 Å². The van der Waals surface area contributed by atoms with Gasteiger partial charge in [0.25, 0.3) is 0 Å². The van der Waals surface area contributed by atoms with Crippen LogP contribution in [0.2, 0.25) is 0 Å². The molecule has 0 bridgehead atoms. The van der Waals surface area contributed by atoms with Crippen molar-refractivity contribution >= 4 is 17.3 Å². The molecule has 0 aromatic carbocycles. The van der Waals surface area contributed by atoms with Gasteiger partial charge in [-0.15, -0.1) is 11.6 Å². The van der Waals surface area contributed by atoms with Crippen LogP contribution < -0.4 is 9.64 Å². The van der Waals surface area contributed by atoms with E-state index in [0.29, 0.717) is 17.8 Å². The molecule has 0 radical (unpaired) electrons. The van der Waals surface area contributed by atoms with Gasteiger partial charge in [0.15, 0.2) is 0 Å². The molecule has 0 N–H and O–H groups in total. The summed E-state index contributed by atoms with van der Waals surface area (Å²) in [5, 5.41) is 0. The Hall–Kier alpha value is -0.960. The smallest absolute Gasteiger partial charge is 0.214 e. The van der Waals surface area contributed by atoms with Crippen molar-refractivity contribution in [3.63, 3.8) is 0 Å². The van der Waals surface area contributed by atoms with Gasteiger partial charge in [0.2, 0.25) is 5.88 Å². The Morgan fingerprint density at radius 2 is 2.27 bits per heavy atom. The van der Waals surface area contributed by atoms with Gasteiger partial charge in [-0.3, -0.25) is 0 Å². The summed E-state index contributed by atoms with van der Waals surface area (Å²) in [6.45, 7) is 5.10. The molecule has 1 aromatic heterocycles. The van der Waals surface area contributed by atoms with E-state index in [1.54, 1.807) is 13.3 Å². The highest BCUT2D eigenvalue weighted by Crippen LogP contribution is 2.20. The lowest BCUT2D eigenvalue weighted by Crippen LogP contribution is -2.32. The fraction of sp³-hybridized carbons (Fsp3) is 0.545. The number of nitrogens with zero attached hydrogens (tertiary/aromatic N) is 2. The van der Waals surface area contributed by atoms with Crippen molar-refractivity contribution < 1.29 is 4.74 Å². The quantitative estimate of drug-likeness (QED) is 0.725. The van der Waals surface area contributed by atoms with Crippen LogP contribution in [0.5, 0.6) is 5.88 Å². The average Bonchev–Trinajstić information content (AvgIpc) is 2.25. The Kier molecular flexibility index (Phi) is 4.69. The van der Waals surface area contributed by atoms with Crippen LogP contribution in [0.4, 0.5) is 5.69 Å². The van der Waals surface area contributed by atoms with Crippen LogP contribution in [-0.4, -0.2) is 30.6 Å². The van der Waals surface area contributed by atoms with Crippen LogP contribution >= 0.6 is 11.6 Å². The topological polar surface area (TPSA) is 25.4 Å². The summed E-state index contributed by atoms with van der Waals surface area (Å²) in [5.41, 5.74) is 1.09. The predicted molar refractivity (Wildman–Crippen MR) is 64.0 cm³/mol. The monoisotopic (exact) mass is 228 g/mol. The van der Waals surface area contributed by atoms with E-state index in [1.165, 1.54) is 0 Å². The zero-order chi connectivity index (χ0) is 11.3. The van der Waals surface area contributed by atoms with E-state index in [9.17, 15) is 0 Å². The summed E-state index contributed by atoms with van der Waals surface area (Å²) in [5.74, 6) is 1.25. The summed E-state index contributed by atoms with van der Waals surface area (Å²) in [4.78, 5) is 6.30. The minimum atomic E-state index is 0.413. The summed E-state index contributed by atoms with van der Waals surface area (Å²) in [6, 6.07) is 4.30. The maximum Gasteiger partial charge on any atom is 0.214 e. The Morgan fingerprint density at radius 3 is 2.80 bits per heavy atom. The molecule has 0 spiro atoms. The van der Waals surface area contributed by atoms with Gasteiger partial charge in [0.1, 0.15) is 0 Å². The third kappa shape index (κ3) is 3.27. The molecule has 0 saturated heterocycles. The van der Waals surface area contributed by atoms with Crippen molar-refractivity contribution in [3.8, 4) is 5.88 Å². The molecular formula is C11H17ClN2O. The van der Waals surface area contributed by atoms with Crippen molar-refractivity contribution in [2.45, 2.75) is 19.9 Å². The van der Waals surface area contributed by atoms with Crippen LogP contribution in [0.25, 0.3) is 0 Å². The SMILES string of the molecule is COc1cc(N(CCCl)C(C)C)ccn1. The number of alkyl halides is 1. The maximum absolute atomic E-state index is 5.78. The third-order valence-electron chi connectivity index (χ3n) is 2.21. The first kappa shape index (κ1) is 12.1. The maximum atomic E-state index is 5.78. The second-order valence-electron chi connectivity index (χ2n) is 3.53. The van der Waals surface area contributed by atoms with Crippen LogP contribution in [0.15, 0.2) is 18.3 Å². The van der Waals surface area contributed by atoms with E-state index < -0.39 is 0 Å². The van der Waals surface area contributed by atoms with E-state index in [2.05, 4.69) is 23.7 Å². The standard InChI is InChI=1S/C11H17ClN2O/c1-9(2)14(7-5-12)10-4-6-13-11(8-10)15-3/h4,6,8-9H,5,7H2,1-3H3. The van der Waals surface area contributed by atoms with Gasteiger partial charge in [-0.2, -0.15) is 0 Å². The fourth-order valence-electron chi connectivity index (χ4n) is 1.47. The summed E-state index contributed by atoms with van der Waals surface area (Å²) in [6.07, 6.45) is 1.75. The molecule has 15 heavy (non-hydrogen) atoms. The lowest BCUT2D eigenvalue weighted by molar-refractivity contribution is 0.398. The molecule has 0 aliphatic rings. The van der Waals surface area contributed by atoms with Crippen molar-refractivity contribution in [2.24, 2.45) is 0 Å². The van der Waals surface area contributed by atoms with E-state index in [-0.39, 0.29) is 0 Å². The zero-order valence-electron chi connectivity index (χ0n) is 9.40. The van der Waals surface area contributed by atoms with E-state index >= 15 is 0 Å². The first-order valence-electron chi connectivity index (χ1n) is 5.01. The molecular weight excluding hydrogens is 212 g/mol. The second kappa shape index (κ2) is 5.81. The normalized spacial score (nSPS) is 10.5. The van der Waals surface area contributed by atoms with Crippen molar-refractivity contribution in [1.29, 1.82) is 0 Å². The molecule has 0 fully saturated rings. The highest BCUT2D eigenvalue weighted by molar-refractivity contribution is 6.18. The molecule has 0 saturated carbocycles. The Morgan fingerprint density at radius 1 is 1.53 bits per heavy atom. The highest BCUT2D eigenvalue weighted by atomic mass is 35.5. The molecule has 3 nitrogen and oxygen atoms in total. The molecule has 84 valence electrons. The number of hydrogen-bond donors (Lipinski definition) is 0. The number of rotatable bonds is 5. The minimum absolute atomic E-state index is 0.413. The highest BCUT2D eigenvalue weighted by Gasteiger charge is 2.10. The largest absolute Gasteiger partial charge is 0.481 e. The number of methoxy groups -OCH3 is 1. The van der Waals surface area contributed by atoms with Crippen molar-refractivity contribution in [1.82, 2.24) is 4.98 Å². The van der Waals surface area contributed by atoms with E-state index in [4.69, 9.17) is 16.3 Å². The summed E-state index contributed by atoms with van der Waals surface area (Å²) >= 11 is 5.78. The summed E-state index contributed by atoms with van der Waals surface area (Å²) in [7, 11) is 1.62. The first-order valence-corrected chi connectivity index (χ1v) is 5.55. The molecule has 1 rings (SSSR count). The second-order valence-corrected chi connectivity index (χ2v) is 3.91. The van der Waals surface area contributed by atoms with E-state index in [1.807, 2.05) is 12.1 Å². The van der Waals surface area contributed by atoms with E-state index in [0.717, 1.165) is 12.2 Å². The molecule has 4 heteroatoms. The molecule has 1 heterocycles. The first-order chi connectivity index (χ1) is 7.19. The molecule has 0 atom stereocenters. The van der Waals surface area contributed by atoms with Gasteiger partial charge in [-0.05, 0) is 19.9 Å². The number of anilines is 1. The molecule has 0 amide bonds. The van der Waals surface area contributed by atoms with Crippen molar-refractivity contribution in [2.75, 3.05) is 24.4 Å². The van der Waals surface area contributed by atoms with Gasteiger partial charge >= 0.3 is 0 Å². The van der Waals surface area contributed by atoms with Gasteiger partial charge < -0.3 is 9.64 Å². The lowest BCUT2D eigenvalue weighted by atomic mass is 10.2. The Balaban J connectivity index is 2.89. The number of hydrogen-bond acceptors (Lipinski definition) is 3. The van der Waals surface area contributed by atoms with Crippen LogP contribution in [0.3, 0.4) is 0 Å². The van der Waals surface area contributed by atoms with Crippen LogP contribution in [0, 0.1) is 0 Å². The third-order valence-corrected chi connectivity index (χ3v) is 2.38. The minimum Gasteiger partial charge on any atom is -0.481 e. The number of halogens is 1. The van der Waals surface area contributed by atoms with Gasteiger partial charge in [-0.25, -0.2) is 4.98 Å². The Bertz CT molecular complexity index is 304. The molecule has 0 aliphatic carbocycles. The van der Waals surface area contributed by atoms with Crippen LogP contribution in [-0.2, 0) is 0 Å². The predicted octanol–water partition coefficient (Wildman–Crippen LogP) is 2.54. The average molecular weight is 229 g/mol. The van der Waals surface area contributed by atoms with Gasteiger partial charge in [-0.1, -0.05) is 0 Å².